The number of ether oxygens (including phenoxy) is 3. The largest absolute Gasteiger partial charge is 0.493 e. The number of thiazole rings is 1. The van der Waals surface area contributed by atoms with Gasteiger partial charge in [0, 0.05) is 16.1 Å². The molecule has 4 aromatic rings. The Morgan fingerprint density at radius 1 is 1.00 bits per heavy atom. The van der Waals surface area contributed by atoms with Gasteiger partial charge in [-0.1, -0.05) is 35.5 Å². The molecule has 0 fully saturated rings. The van der Waals surface area contributed by atoms with Crippen molar-refractivity contribution in [3.05, 3.63) is 65.2 Å². The maximum atomic E-state index is 12.8. The average Bonchev–Trinajstić information content (AvgIpc) is 3.22. The minimum absolute atomic E-state index is 0.327. The Kier molecular flexibility index (Phi) is 6.74. The lowest BCUT2D eigenvalue weighted by Crippen LogP contribution is -2.12. The van der Waals surface area contributed by atoms with Gasteiger partial charge in [-0.25, -0.2) is 4.98 Å². The zero-order valence-corrected chi connectivity index (χ0v) is 19.9. The molecular formula is C23H19ClN2O4S2. The van der Waals surface area contributed by atoms with Crippen molar-refractivity contribution < 1.29 is 19.0 Å². The maximum absolute atomic E-state index is 12.8. The molecule has 1 amide bonds. The number of amides is 1. The first-order valence-electron chi connectivity index (χ1n) is 9.46. The molecule has 0 bridgehead atoms. The van der Waals surface area contributed by atoms with Crippen LogP contribution in [0.3, 0.4) is 0 Å². The second kappa shape index (κ2) is 9.68. The minimum Gasteiger partial charge on any atom is -0.493 e. The van der Waals surface area contributed by atoms with Gasteiger partial charge in [-0.05, 0) is 42.5 Å². The SMILES string of the molecule is COc1cc(C(=O)Nc2ccc(Sc3nc4ccccc4s3)c(Cl)c2)cc(OC)c1OC. The number of methoxy groups -OCH3 is 3. The van der Waals surface area contributed by atoms with E-state index in [2.05, 4.69) is 10.3 Å². The van der Waals surface area contributed by atoms with E-state index in [0.717, 1.165) is 19.5 Å². The van der Waals surface area contributed by atoms with E-state index in [-0.39, 0.29) is 5.91 Å². The molecule has 32 heavy (non-hydrogen) atoms. The van der Waals surface area contributed by atoms with Crippen LogP contribution in [0.15, 0.2) is 63.8 Å². The lowest BCUT2D eigenvalue weighted by molar-refractivity contribution is 0.102. The van der Waals surface area contributed by atoms with Crippen molar-refractivity contribution in [2.75, 3.05) is 26.6 Å². The number of benzene rings is 3. The van der Waals surface area contributed by atoms with Gasteiger partial charge < -0.3 is 19.5 Å². The number of hydrogen-bond donors (Lipinski definition) is 1. The highest BCUT2D eigenvalue weighted by molar-refractivity contribution is 8.01. The molecule has 0 aliphatic carbocycles. The van der Waals surface area contributed by atoms with Gasteiger partial charge in [-0.2, -0.15) is 0 Å². The van der Waals surface area contributed by atoms with Crippen molar-refractivity contribution in [1.82, 2.24) is 4.98 Å². The highest BCUT2D eigenvalue weighted by atomic mass is 35.5. The van der Waals surface area contributed by atoms with E-state index in [0.29, 0.717) is 33.5 Å². The van der Waals surface area contributed by atoms with Crippen molar-refractivity contribution in [2.24, 2.45) is 0 Å². The minimum atomic E-state index is -0.327. The molecule has 0 aliphatic heterocycles. The molecule has 1 heterocycles. The molecule has 3 aromatic carbocycles. The van der Waals surface area contributed by atoms with Gasteiger partial charge >= 0.3 is 0 Å². The number of hydrogen-bond acceptors (Lipinski definition) is 7. The molecule has 1 aromatic heterocycles. The molecule has 0 saturated heterocycles. The van der Waals surface area contributed by atoms with E-state index in [4.69, 9.17) is 25.8 Å². The summed E-state index contributed by atoms with van der Waals surface area (Å²) in [6, 6.07) is 16.6. The Morgan fingerprint density at radius 2 is 1.72 bits per heavy atom. The fourth-order valence-corrected chi connectivity index (χ4v) is 5.39. The first-order valence-corrected chi connectivity index (χ1v) is 11.5. The summed E-state index contributed by atoms with van der Waals surface area (Å²) in [5.74, 6) is 0.896. The molecule has 0 atom stereocenters. The summed E-state index contributed by atoms with van der Waals surface area (Å²) in [5.41, 5.74) is 1.90. The van der Waals surface area contributed by atoms with E-state index >= 15 is 0 Å². The Hall–Kier alpha value is -2.94. The Bertz CT molecular complexity index is 1230. The molecule has 0 saturated carbocycles. The van der Waals surface area contributed by atoms with Crippen LogP contribution in [0.5, 0.6) is 17.2 Å². The third-order valence-electron chi connectivity index (χ3n) is 4.59. The molecule has 4 rings (SSSR count). The van der Waals surface area contributed by atoms with Crippen LogP contribution in [-0.2, 0) is 0 Å². The maximum Gasteiger partial charge on any atom is 0.255 e. The van der Waals surface area contributed by atoms with E-state index in [1.807, 2.05) is 30.3 Å². The highest BCUT2D eigenvalue weighted by Gasteiger charge is 2.17. The van der Waals surface area contributed by atoms with Gasteiger partial charge in [0.1, 0.15) is 0 Å². The number of carbonyl (C=O) groups is 1. The molecule has 164 valence electrons. The zero-order chi connectivity index (χ0) is 22.7. The monoisotopic (exact) mass is 486 g/mol. The van der Waals surface area contributed by atoms with Crippen LogP contribution in [0.1, 0.15) is 10.4 Å². The van der Waals surface area contributed by atoms with Crippen LogP contribution >= 0.6 is 34.7 Å². The standard InChI is InChI=1S/C23H19ClN2O4S2/c1-28-17-10-13(11-18(29-2)21(17)30-3)22(27)25-14-8-9-19(15(24)12-14)31-23-26-16-6-4-5-7-20(16)32-23/h4-12H,1-3H3,(H,25,27). The lowest BCUT2D eigenvalue weighted by Gasteiger charge is -2.14. The van der Waals surface area contributed by atoms with Crippen LogP contribution < -0.4 is 19.5 Å². The first kappa shape index (κ1) is 22.3. The molecule has 1 N–H and O–H groups in total. The summed E-state index contributed by atoms with van der Waals surface area (Å²) < 4.78 is 18.0. The molecule has 9 heteroatoms. The number of nitrogens with one attached hydrogen (secondary N) is 1. The fraction of sp³-hybridized carbons (Fsp3) is 0.130. The Balaban J connectivity index is 1.52. The van der Waals surface area contributed by atoms with E-state index in [1.54, 1.807) is 35.6 Å². The number of rotatable bonds is 7. The quantitative estimate of drug-likeness (QED) is 0.327. The van der Waals surface area contributed by atoms with Crippen LogP contribution in [0.4, 0.5) is 5.69 Å². The number of para-hydroxylation sites is 1. The predicted molar refractivity (Wildman–Crippen MR) is 129 cm³/mol. The van der Waals surface area contributed by atoms with Crippen molar-refractivity contribution in [3.63, 3.8) is 0 Å². The molecule has 0 aliphatic rings. The molecule has 0 radical (unpaired) electrons. The summed E-state index contributed by atoms with van der Waals surface area (Å²) in [5, 5.41) is 3.38. The molecular weight excluding hydrogens is 468 g/mol. The Morgan fingerprint density at radius 3 is 2.34 bits per heavy atom. The number of fused-ring (bicyclic) bond motifs is 1. The van der Waals surface area contributed by atoms with Crippen molar-refractivity contribution in [1.29, 1.82) is 0 Å². The van der Waals surface area contributed by atoms with Crippen LogP contribution in [0, 0.1) is 0 Å². The lowest BCUT2D eigenvalue weighted by atomic mass is 10.1. The van der Waals surface area contributed by atoms with Gasteiger partial charge in [0.25, 0.3) is 5.91 Å². The predicted octanol–water partition coefficient (Wildman–Crippen LogP) is 6.38. The summed E-state index contributed by atoms with van der Waals surface area (Å²) in [4.78, 5) is 18.3. The third-order valence-corrected chi connectivity index (χ3v) is 7.19. The second-order valence-electron chi connectivity index (χ2n) is 6.56. The smallest absolute Gasteiger partial charge is 0.255 e. The van der Waals surface area contributed by atoms with Crippen LogP contribution in [0.2, 0.25) is 5.02 Å². The van der Waals surface area contributed by atoms with E-state index in [9.17, 15) is 4.79 Å². The number of halogens is 1. The van der Waals surface area contributed by atoms with Crippen LogP contribution in [-0.4, -0.2) is 32.2 Å². The second-order valence-corrected chi connectivity index (χ2v) is 9.29. The van der Waals surface area contributed by atoms with Crippen LogP contribution in [0.25, 0.3) is 10.2 Å². The van der Waals surface area contributed by atoms with Crippen molar-refractivity contribution in [3.8, 4) is 17.2 Å². The Labute approximate surface area is 198 Å². The average molecular weight is 487 g/mol. The summed E-state index contributed by atoms with van der Waals surface area (Å²) in [6.07, 6.45) is 0. The van der Waals surface area contributed by atoms with Gasteiger partial charge in [-0.3, -0.25) is 4.79 Å². The number of aromatic nitrogens is 1. The van der Waals surface area contributed by atoms with Gasteiger partial charge in [0.15, 0.2) is 15.8 Å². The normalized spacial score (nSPS) is 10.8. The fourth-order valence-electron chi connectivity index (χ4n) is 3.07. The van der Waals surface area contributed by atoms with Gasteiger partial charge in [0.2, 0.25) is 5.75 Å². The highest BCUT2D eigenvalue weighted by Crippen LogP contribution is 2.40. The summed E-state index contributed by atoms with van der Waals surface area (Å²) >= 11 is 9.60. The van der Waals surface area contributed by atoms with E-state index in [1.165, 1.54) is 33.1 Å². The molecule has 6 nitrogen and oxygen atoms in total. The van der Waals surface area contributed by atoms with Crippen molar-refractivity contribution in [2.45, 2.75) is 9.24 Å². The van der Waals surface area contributed by atoms with Gasteiger partial charge in [0.05, 0.1) is 36.6 Å². The van der Waals surface area contributed by atoms with Crippen molar-refractivity contribution >= 4 is 56.5 Å². The summed E-state index contributed by atoms with van der Waals surface area (Å²) in [6.45, 7) is 0. The number of nitrogens with zero attached hydrogens (tertiary/aromatic N) is 1. The topological polar surface area (TPSA) is 69.7 Å². The third kappa shape index (κ3) is 4.62. The van der Waals surface area contributed by atoms with E-state index < -0.39 is 0 Å². The zero-order valence-electron chi connectivity index (χ0n) is 17.5. The van der Waals surface area contributed by atoms with Gasteiger partial charge in [-0.15, -0.1) is 11.3 Å². The first-order chi connectivity index (χ1) is 15.5. The number of anilines is 1. The number of carbonyl (C=O) groups excluding carboxylic acids is 1. The summed E-state index contributed by atoms with van der Waals surface area (Å²) in [7, 11) is 4.51. The molecule has 0 spiro atoms. The molecule has 0 unspecified atom stereocenters.